The number of aldehydes is 1. The molecule has 4 heteroatoms. The molecule has 1 aliphatic rings. The minimum Gasteiger partial charge on any atom is -0.394 e. The number of rotatable bonds is 2. The Bertz CT molecular complexity index is 157. The van der Waals surface area contributed by atoms with Crippen molar-refractivity contribution >= 4 is 6.29 Å². The fourth-order valence-corrected chi connectivity index (χ4v) is 1.43. The number of aliphatic hydroxyl groups excluding tert-OH is 2. The van der Waals surface area contributed by atoms with Crippen LogP contribution in [0.5, 0.6) is 0 Å². The van der Waals surface area contributed by atoms with Crippen LogP contribution in [0.4, 0.5) is 0 Å². The lowest BCUT2D eigenvalue weighted by atomic mass is 9.87. The summed E-state index contributed by atoms with van der Waals surface area (Å²) in [6.07, 6.45) is -0.566. The second-order valence-corrected chi connectivity index (χ2v) is 3.24. The number of hydrogen-bond acceptors (Lipinski definition) is 4. The Morgan fingerprint density at radius 1 is 1.67 bits per heavy atom. The van der Waals surface area contributed by atoms with Gasteiger partial charge < -0.3 is 19.7 Å². The Morgan fingerprint density at radius 2 is 2.33 bits per heavy atom. The topological polar surface area (TPSA) is 66.8 Å². The van der Waals surface area contributed by atoms with Gasteiger partial charge >= 0.3 is 0 Å². The molecule has 0 aromatic rings. The van der Waals surface area contributed by atoms with E-state index in [2.05, 4.69) is 0 Å². The Balaban J connectivity index is 2.64. The van der Waals surface area contributed by atoms with Gasteiger partial charge in [0.2, 0.25) is 0 Å². The average Bonchev–Trinajstić information content (AvgIpc) is 2.09. The minimum absolute atomic E-state index is 0.0389. The van der Waals surface area contributed by atoms with E-state index in [0.717, 1.165) is 0 Å². The molecular weight excluding hydrogens is 160 g/mol. The molecule has 1 heterocycles. The van der Waals surface area contributed by atoms with Crippen molar-refractivity contribution in [3.05, 3.63) is 0 Å². The number of ether oxygens (including phenoxy) is 1. The zero-order valence-electron chi connectivity index (χ0n) is 7.01. The van der Waals surface area contributed by atoms with Crippen molar-refractivity contribution in [1.82, 2.24) is 0 Å². The first-order valence-electron chi connectivity index (χ1n) is 4.06. The summed E-state index contributed by atoms with van der Waals surface area (Å²) in [5.41, 5.74) is 0. The van der Waals surface area contributed by atoms with E-state index in [1.165, 1.54) is 0 Å². The first-order valence-corrected chi connectivity index (χ1v) is 4.06. The lowest BCUT2D eigenvalue weighted by Gasteiger charge is -2.35. The molecule has 2 unspecified atom stereocenters. The van der Waals surface area contributed by atoms with Crippen LogP contribution in [0, 0.1) is 11.8 Å². The highest BCUT2D eigenvalue weighted by Gasteiger charge is 2.36. The molecule has 2 N–H and O–H groups in total. The molecule has 0 saturated carbocycles. The van der Waals surface area contributed by atoms with E-state index < -0.39 is 18.1 Å². The number of carbonyl (C=O) groups excluding carboxylic acids is 1. The van der Waals surface area contributed by atoms with Crippen molar-refractivity contribution in [2.24, 2.45) is 11.8 Å². The van der Waals surface area contributed by atoms with Gasteiger partial charge in [-0.15, -0.1) is 0 Å². The molecule has 12 heavy (non-hydrogen) atoms. The van der Waals surface area contributed by atoms with Crippen LogP contribution in [0.1, 0.15) is 6.92 Å². The molecule has 1 fully saturated rings. The third-order valence-corrected chi connectivity index (χ3v) is 2.32. The van der Waals surface area contributed by atoms with Crippen LogP contribution < -0.4 is 0 Å². The second kappa shape index (κ2) is 3.98. The zero-order chi connectivity index (χ0) is 9.14. The molecule has 70 valence electrons. The summed E-state index contributed by atoms with van der Waals surface area (Å²) < 4.78 is 5.17. The first kappa shape index (κ1) is 9.64. The van der Waals surface area contributed by atoms with Crippen molar-refractivity contribution in [3.8, 4) is 0 Å². The van der Waals surface area contributed by atoms with Gasteiger partial charge in [0.25, 0.3) is 0 Å². The molecular formula is C8H14O4. The molecule has 4 nitrogen and oxygen atoms in total. The summed E-state index contributed by atoms with van der Waals surface area (Å²) in [4.78, 5) is 10.5. The molecule has 0 aromatic heterocycles. The maximum Gasteiger partial charge on any atom is 0.128 e. The first-order chi connectivity index (χ1) is 5.70. The zero-order valence-corrected chi connectivity index (χ0v) is 7.01. The fraction of sp³-hybridized carbons (Fsp3) is 0.875. The largest absolute Gasteiger partial charge is 0.394 e. The number of carbonyl (C=O) groups is 1. The summed E-state index contributed by atoms with van der Waals surface area (Å²) in [6.45, 7) is 2.00. The van der Waals surface area contributed by atoms with Crippen LogP contribution in [0.15, 0.2) is 0 Å². The van der Waals surface area contributed by atoms with Gasteiger partial charge in [0.05, 0.1) is 31.3 Å². The van der Waals surface area contributed by atoms with E-state index in [1.54, 1.807) is 0 Å². The van der Waals surface area contributed by atoms with Gasteiger partial charge in [-0.25, -0.2) is 0 Å². The molecule has 1 saturated heterocycles. The van der Waals surface area contributed by atoms with Gasteiger partial charge in [0.15, 0.2) is 0 Å². The fourth-order valence-electron chi connectivity index (χ4n) is 1.43. The smallest absolute Gasteiger partial charge is 0.128 e. The molecule has 0 aromatic carbocycles. The van der Waals surface area contributed by atoms with Crippen LogP contribution >= 0.6 is 0 Å². The second-order valence-electron chi connectivity index (χ2n) is 3.24. The van der Waals surface area contributed by atoms with Gasteiger partial charge in [-0.3, -0.25) is 0 Å². The summed E-state index contributed by atoms with van der Waals surface area (Å²) in [7, 11) is 0. The van der Waals surface area contributed by atoms with Crippen LogP contribution in [0.2, 0.25) is 0 Å². The van der Waals surface area contributed by atoms with Gasteiger partial charge in [0, 0.05) is 5.92 Å². The summed E-state index contributed by atoms with van der Waals surface area (Å²) in [5.74, 6) is -0.623. The lowest BCUT2D eigenvalue weighted by molar-refractivity contribution is -0.149. The van der Waals surface area contributed by atoms with E-state index in [9.17, 15) is 9.90 Å². The Morgan fingerprint density at radius 3 is 2.83 bits per heavy atom. The summed E-state index contributed by atoms with van der Waals surface area (Å²) in [5, 5.41) is 18.3. The van der Waals surface area contributed by atoms with E-state index in [4.69, 9.17) is 9.84 Å². The third kappa shape index (κ3) is 1.65. The molecule has 0 bridgehead atoms. The Kier molecular flexibility index (Phi) is 3.20. The summed E-state index contributed by atoms with van der Waals surface area (Å²) >= 11 is 0. The standard InChI is InChI=1S/C8H14O4/c1-5-4-12-7(3-10)6(2-9)8(5)11/h2,5-8,10-11H,3-4H2,1H3/t5-,6?,7+,8?/m1/s1. The van der Waals surface area contributed by atoms with Crippen molar-refractivity contribution in [1.29, 1.82) is 0 Å². The monoisotopic (exact) mass is 174 g/mol. The van der Waals surface area contributed by atoms with E-state index in [-0.39, 0.29) is 12.5 Å². The van der Waals surface area contributed by atoms with Crippen molar-refractivity contribution in [3.63, 3.8) is 0 Å². The lowest BCUT2D eigenvalue weighted by Crippen LogP contribution is -2.47. The molecule has 0 spiro atoms. The maximum absolute atomic E-state index is 10.5. The van der Waals surface area contributed by atoms with Gasteiger partial charge in [-0.1, -0.05) is 6.92 Å². The van der Waals surface area contributed by atoms with Crippen molar-refractivity contribution < 1.29 is 19.7 Å². The molecule has 1 rings (SSSR count). The van der Waals surface area contributed by atoms with Crippen molar-refractivity contribution in [2.45, 2.75) is 19.1 Å². The van der Waals surface area contributed by atoms with Crippen LogP contribution in [0.25, 0.3) is 0 Å². The molecule has 0 aliphatic carbocycles. The van der Waals surface area contributed by atoms with E-state index in [1.807, 2.05) is 6.92 Å². The molecule has 0 amide bonds. The van der Waals surface area contributed by atoms with Crippen LogP contribution in [0.3, 0.4) is 0 Å². The predicted molar refractivity (Wildman–Crippen MR) is 41.6 cm³/mol. The predicted octanol–water partition coefficient (Wildman–Crippen LogP) is -0.810. The normalized spacial score (nSPS) is 42.6. The van der Waals surface area contributed by atoms with Crippen LogP contribution in [-0.2, 0) is 9.53 Å². The molecule has 0 radical (unpaired) electrons. The molecule has 4 atom stereocenters. The highest BCUT2D eigenvalue weighted by atomic mass is 16.5. The number of aliphatic hydroxyl groups is 2. The Labute approximate surface area is 71.2 Å². The van der Waals surface area contributed by atoms with Gasteiger partial charge in [-0.2, -0.15) is 0 Å². The average molecular weight is 174 g/mol. The highest BCUT2D eigenvalue weighted by molar-refractivity contribution is 5.56. The van der Waals surface area contributed by atoms with Gasteiger partial charge in [-0.05, 0) is 0 Å². The SMILES string of the molecule is C[C@@H]1CO[C@@H](CO)C(C=O)C1O. The molecule has 1 aliphatic heterocycles. The Hall–Kier alpha value is -0.450. The van der Waals surface area contributed by atoms with Gasteiger partial charge in [0.1, 0.15) is 6.29 Å². The number of hydrogen-bond donors (Lipinski definition) is 2. The van der Waals surface area contributed by atoms with E-state index in [0.29, 0.717) is 12.9 Å². The maximum atomic E-state index is 10.5. The van der Waals surface area contributed by atoms with Crippen molar-refractivity contribution in [2.75, 3.05) is 13.2 Å². The minimum atomic E-state index is -0.687. The highest BCUT2D eigenvalue weighted by Crippen LogP contribution is 2.23. The summed E-state index contributed by atoms with van der Waals surface area (Å²) in [6, 6.07) is 0. The van der Waals surface area contributed by atoms with Crippen LogP contribution in [-0.4, -0.2) is 41.9 Å². The quantitative estimate of drug-likeness (QED) is 0.537. The van der Waals surface area contributed by atoms with E-state index >= 15 is 0 Å². The third-order valence-electron chi connectivity index (χ3n) is 2.32.